The Morgan fingerprint density at radius 3 is 2.57 bits per heavy atom. The molecule has 76 valence electrons. The van der Waals surface area contributed by atoms with Crippen LogP contribution in [0.1, 0.15) is 24.9 Å². The van der Waals surface area contributed by atoms with Crippen molar-refractivity contribution in [1.82, 2.24) is 0 Å². The Hall–Kier alpha value is -1.28. The Morgan fingerprint density at radius 2 is 2.07 bits per heavy atom. The van der Waals surface area contributed by atoms with Gasteiger partial charge in [0.1, 0.15) is 5.75 Å². The predicted molar refractivity (Wildman–Crippen MR) is 59.4 cm³/mol. The van der Waals surface area contributed by atoms with Crippen LogP contribution in [0.5, 0.6) is 5.75 Å². The standard InChI is InChI=1S/C12H17NO/c1-3-5-12(13)10-6-8-11(9-7-10)14-4-2/h3,6-9,12H,1,4-5,13H2,2H3. The van der Waals surface area contributed by atoms with Crippen LogP contribution in [0, 0.1) is 0 Å². The molecule has 1 unspecified atom stereocenters. The highest BCUT2D eigenvalue weighted by Gasteiger charge is 2.03. The molecule has 0 aromatic heterocycles. The van der Waals surface area contributed by atoms with Gasteiger partial charge in [0.25, 0.3) is 0 Å². The number of rotatable bonds is 5. The summed E-state index contributed by atoms with van der Waals surface area (Å²) in [6.45, 7) is 6.33. The lowest BCUT2D eigenvalue weighted by Gasteiger charge is -2.10. The normalized spacial score (nSPS) is 12.1. The van der Waals surface area contributed by atoms with Gasteiger partial charge in [-0.2, -0.15) is 0 Å². The quantitative estimate of drug-likeness (QED) is 0.726. The molecule has 1 atom stereocenters. The van der Waals surface area contributed by atoms with Crippen molar-refractivity contribution >= 4 is 0 Å². The molecule has 0 fully saturated rings. The summed E-state index contributed by atoms with van der Waals surface area (Å²) in [5.41, 5.74) is 7.04. The van der Waals surface area contributed by atoms with Gasteiger partial charge in [0.15, 0.2) is 0 Å². The lowest BCUT2D eigenvalue weighted by atomic mass is 10.1. The molecule has 1 aromatic rings. The largest absolute Gasteiger partial charge is 0.494 e. The van der Waals surface area contributed by atoms with E-state index in [1.54, 1.807) is 0 Å². The Kier molecular flexibility index (Phi) is 4.20. The summed E-state index contributed by atoms with van der Waals surface area (Å²) in [5.74, 6) is 0.891. The minimum absolute atomic E-state index is 0.0446. The van der Waals surface area contributed by atoms with Crippen LogP contribution in [0.25, 0.3) is 0 Å². The molecule has 14 heavy (non-hydrogen) atoms. The molecule has 0 heterocycles. The van der Waals surface area contributed by atoms with Crippen LogP contribution in [0.15, 0.2) is 36.9 Å². The average Bonchev–Trinajstić information content (AvgIpc) is 2.20. The molecule has 0 spiro atoms. The first-order valence-electron chi connectivity index (χ1n) is 4.87. The van der Waals surface area contributed by atoms with Gasteiger partial charge in [-0.05, 0) is 31.0 Å². The summed E-state index contributed by atoms with van der Waals surface area (Å²) in [6, 6.07) is 7.94. The van der Waals surface area contributed by atoms with Gasteiger partial charge in [-0.1, -0.05) is 18.2 Å². The second-order valence-electron chi connectivity index (χ2n) is 3.13. The summed E-state index contributed by atoms with van der Waals surface area (Å²) in [5, 5.41) is 0. The molecule has 0 aliphatic rings. The number of nitrogens with two attached hydrogens (primary N) is 1. The van der Waals surface area contributed by atoms with Crippen LogP contribution in [0.3, 0.4) is 0 Å². The van der Waals surface area contributed by atoms with Crippen molar-refractivity contribution in [2.24, 2.45) is 5.73 Å². The summed E-state index contributed by atoms with van der Waals surface area (Å²) < 4.78 is 5.34. The van der Waals surface area contributed by atoms with Crippen LogP contribution >= 0.6 is 0 Å². The topological polar surface area (TPSA) is 35.2 Å². The summed E-state index contributed by atoms with van der Waals surface area (Å²) >= 11 is 0. The first kappa shape index (κ1) is 10.8. The van der Waals surface area contributed by atoms with Crippen molar-refractivity contribution in [3.05, 3.63) is 42.5 Å². The number of benzene rings is 1. The van der Waals surface area contributed by atoms with E-state index in [0.29, 0.717) is 6.61 Å². The van der Waals surface area contributed by atoms with E-state index in [1.165, 1.54) is 0 Å². The predicted octanol–water partition coefficient (Wildman–Crippen LogP) is 2.66. The fourth-order valence-electron chi connectivity index (χ4n) is 1.29. The monoisotopic (exact) mass is 191 g/mol. The zero-order valence-corrected chi connectivity index (χ0v) is 8.57. The lowest BCUT2D eigenvalue weighted by Crippen LogP contribution is -2.08. The zero-order valence-electron chi connectivity index (χ0n) is 8.57. The van der Waals surface area contributed by atoms with Crippen molar-refractivity contribution in [2.45, 2.75) is 19.4 Å². The van der Waals surface area contributed by atoms with E-state index in [0.717, 1.165) is 17.7 Å². The van der Waals surface area contributed by atoms with E-state index in [4.69, 9.17) is 10.5 Å². The van der Waals surface area contributed by atoms with Gasteiger partial charge in [-0.15, -0.1) is 6.58 Å². The lowest BCUT2D eigenvalue weighted by molar-refractivity contribution is 0.340. The molecular formula is C12H17NO. The van der Waals surface area contributed by atoms with Crippen molar-refractivity contribution in [3.8, 4) is 5.75 Å². The Morgan fingerprint density at radius 1 is 1.43 bits per heavy atom. The second-order valence-corrected chi connectivity index (χ2v) is 3.13. The molecule has 0 amide bonds. The Bertz CT molecular complexity index is 279. The molecule has 2 N–H and O–H groups in total. The van der Waals surface area contributed by atoms with Crippen molar-refractivity contribution < 1.29 is 4.74 Å². The molecule has 0 radical (unpaired) electrons. The van der Waals surface area contributed by atoms with Crippen molar-refractivity contribution in [3.63, 3.8) is 0 Å². The van der Waals surface area contributed by atoms with Gasteiger partial charge >= 0.3 is 0 Å². The van der Waals surface area contributed by atoms with Crippen LogP contribution in [0.4, 0.5) is 0 Å². The molecule has 0 saturated heterocycles. The second kappa shape index (κ2) is 5.45. The van der Waals surface area contributed by atoms with E-state index >= 15 is 0 Å². The maximum Gasteiger partial charge on any atom is 0.119 e. The SMILES string of the molecule is C=CCC(N)c1ccc(OCC)cc1. The number of hydrogen-bond donors (Lipinski definition) is 1. The highest BCUT2D eigenvalue weighted by Crippen LogP contribution is 2.18. The maximum atomic E-state index is 5.92. The minimum atomic E-state index is 0.0446. The van der Waals surface area contributed by atoms with E-state index in [9.17, 15) is 0 Å². The van der Waals surface area contributed by atoms with Crippen LogP contribution in [-0.2, 0) is 0 Å². The third-order valence-electron chi connectivity index (χ3n) is 2.04. The van der Waals surface area contributed by atoms with Crippen molar-refractivity contribution in [2.75, 3.05) is 6.61 Å². The summed E-state index contributed by atoms with van der Waals surface area (Å²) in [7, 11) is 0. The molecule has 0 bridgehead atoms. The first-order valence-corrected chi connectivity index (χ1v) is 4.87. The third-order valence-corrected chi connectivity index (χ3v) is 2.04. The van der Waals surface area contributed by atoms with Gasteiger partial charge in [-0.3, -0.25) is 0 Å². The average molecular weight is 191 g/mol. The van der Waals surface area contributed by atoms with Crippen LogP contribution in [-0.4, -0.2) is 6.61 Å². The van der Waals surface area contributed by atoms with Crippen molar-refractivity contribution in [1.29, 1.82) is 0 Å². The van der Waals surface area contributed by atoms with E-state index < -0.39 is 0 Å². The molecule has 1 rings (SSSR count). The van der Waals surface area contributed by atoms with Gasteiger partial charge in [-0.25, -0.2) is 0 Å². The maximum absolute atomic E-state index is 5.92. The van der Waals surface area contributed by atoms with Gasteiger partial charge in [0.05, 0.1) is 6.61 Å². The van der Waals surface area contributed by atoms with Crippen LogP contribution in [0.2, 0.25) is 0 Å². The third kappa shape index (κ3) is 2.89. The number of hydrogen-bond acceptors (Lipinski definition) is 2. The molecule has 0 aliphatic carbocycles. The summed E-state index contributed by atoms with van der Waals surface area (Å²) in [4.78, 5) is 0. The smallest absolute Gasteiger partial charge is 0.119 e. The highest BCUT2D eigenvalue weighted by molar-refractivity contribution is 5.29. The Labute approximate surface area is 85.4 Å². The number of ether oxygens (including phenoxy) is 1. The van der Waals surface area contributed by atoms with E-state index in [-0.39, 0.29) is 6.04 Å². The fourth-order valence-corrected chi connectivity index (χ4v) is 1.29. The van der Waals surface area contributed by atoms with Crippen LogP contribution < -0.4 is 10.5 Å². The molecule has 0 saturated carbocycles. The first-order chi connectivity index (χ1) is 6.77. The molecule has 2 heteroatoms. The summed E-state index contributed by atoms with van der Waals surface area (Å²) in [6.07, 6.45) is 2.63. The zero-order chi connectivity index (χ0) is 10.4. The molecule has 2 nitrogen and oxygen atoms in total. The fraction of sp³-hybridized carbons (Fsp3) is 0.333. The molecule has 0 aliphatic heterocycles. The van der Waals surface area contributed by atoms with Gasteiger partial charge < -0.3 is 10.5 Å². The Balaban J connectivity index is 2.67. The van der Waals surface area contributed by atoms with E-state index in [2.05, 4.69) is 6.58 Å². The minimum Gasteiger partial charge on any atom is -0.494 e. The van der Waals surface area contributed by atoms with Gasteiger partial charge in [0.2, 0.25) is 0 Å². The van der Waals surface area contributed by atoms with E-state index in [1.807, 2.05) is 37.3 Å². The highest BCUT2D eigenvalue weighted by atomic mass is 16.5. The molecule has 1 aromatic carbocycles. The van der Waals surface area contributed by atoms with Gasteiger partial charge in [0, 0.05) is 6.04 Å². The molecular weight excluding hydrogens is 174 g/mol.